The third kappa shape index (κ3) is 3.54. The molecule has 0 saturated carbocycles. The topological polar surface area (TPSA) is 60.3 Å². The molecule has 1 aromatic heterocycles. The fourth-order valence-electron chi connectivity index (χ4n) is 2.50. The largest absolute Gasteiger partial charge is 0.357 e. The maximum Gasteiger partial charge on any atom is 0.273 e. The zero-order valence-corrected chi connectivity index (χ0v) is 14.3. The lowest BCUT2D eigenvalue weighted by Gasteiger charge is -2.35. The van der Waals surface area contributed by atoms with Crippen molar-refractivity contribution in [3.8, 4) is 10.6 Å². The van der Waals surface area contributed by atoms with Gasteiger partial charge in [-0.05, 0) is 19.1 Å². The average Bonchev–Trinajstić information content (AvgIpc) is 3.05. The highest BCUT2D eigenvalue weighted by Gasteiger charge is 2.24. The maximum atomic E-state index is 12.6. The molecule has 1 aliphatic rings. The molecular weight excluding hydrogens is 332 g/mol. The van der Waals surface area contributed by atoms with Crippen LogP contribution in [-0.2, 0) is 0 Å². The van der Waals surface area contributed by atoms with Crippen molar-refractivity contribution < 1.29 is 4.79 Å². The summed E-state index contributed by atoms with van der Waals surface area (Å²) in [5.74, 6) is 0.513. The van der Waals surface area contributed by atoms with Gasteiger partial charge in [-0.1, -0.05) is 23.7 Å². The van der Waals surface area contributed by atoms with Crippen LogP contribution in [0.25, 0.3) is 10.6 Å². The highest BCUT2D eigenvalue weighted by atomic mass is 35.5. The lowest BCUT2D eigenvalue weighted by atomic mass is 10.2. The number of benzene rings is 1. The van der Waals surface area contributed by atoms with Gasteiger partial charge in [-0.25, -0.2) is 4.98 Å². The number of nitrogens with one attached hydrogen (secondary N) is 1. The van der Waals surface area contributed by atoms with Crippen LogP contribution in [0.1, 0.15) is 17.4 Å². The van der Waals surface area contributed by atoms with E-state index in [0.29, 0.717) is 42.7 Å². The number of carbonyl (C=O) groups excluding carboxylic acids is 1. The third-order valence-electron chi connectivity index (χ3n) is 3.86. The molecule has 23 heavy (non-hydrogen) atoms. The molecule has 120 valence electrons. The number of hydrogen-bond donors (Lipinski definition) is 1. The number of hydrogen-bond acceptors (Lipinski definition) is 4. The first-order valence-corrected chi connectivity index (χ1v) is 8.61. The van der Waals surface area contributed by atoms with Gasteiger partial charge < -0.3 is 9.80 Å². The van der Waals surface area contributed by atoms with Crippen LogP contribution in [0.3, 0.4) is 0 Å². The van der Waals surface area contributed by atoms with Crippen LogP contribution in [0.15, 0.2) is 29.6 Å². The Morgan fingerprint density at radius 2 is 1.78 bits per heavy atom. The minimum atomic E-state index is -0.0382. The number of piperazine rings is 1. The minimum absolute atomic E-state index is 0.0382. The Kier molecular flexibility index (Phi) is 4.63. The third-order valence-corrected chi connectivity index (χ3v) is 5.00. The van der Waals surface area contributed by atoms with Crippen molar-refractivity contribution >= 4 is 34.7 Å². The second-order valence-corrected chi connectivity index (χ2v) is 6.70. The number of carbonyl (C=O) groups is 1. The Morgan fingerprint density at radius 1 is 1.17 bits per heavy atom. The van der Waals surface area contributed by atoms with Crippen molar-refractivity contribution in [1.82, 2.24) is 14.8 Å². The second kappa shape index (κ2) is 6.68. The average molecular weight is 349 g/mol. The number of thiazole rings is 1. The monoisotopic (exact) mass is 348 g/mol. The molecule has 0 atom stereocenters. The van der Waals surface area contributed by atoms with Crippen molar-refractivity contribution in [3.05, 3.63) is 40.4 Å². The molecule has 0 bridgehead atoms. The zero-order chi connectivity index (χ0) is 16.4. The fraction of sp³-hybridized carbons (Fsp3) is 0.312. The van der Waals surface area contributed by atoms with E-state index in [1.165, 1.54) is 11.3 Å². The van der Waals surface area contributed by atoms with Crippen molar-refractivity contribution in [2.75, 3.05) is 26.2 Å². The smallest absolute Gasteiger partial charge is 0.273 e. The number of amides is 1. The SMILES string of the molecule is CC(=N)N1CCN(C(=O)c2csc(-c3ccc(Cl)cc3)n2)CC1. The number of aromatic nitrogens is 1. The number of rotatable bonds is 2. The van der Waals surface area contributed by atoms with E-state index in [4.69, 9.17) is 17.0 Å². The van der Waals surface area contributed by atoms with Crippen LogP contribution in [0, 0.1) is 5.41 Å². The van der Waals surface area contributed by atoms with E-state index >= 15 is 0 Å². The van der Waals surface area contributed by atoms with Gasteiger partial charge in [-0.15, -0.1) is 11.3 Å². The van der Waals surface area contributed by atoms with Crippen molar-refractivity contribution in [2.24, 2.45) is 0 Å². The molecule has 5 nitrogen and oxygen atoms in total. The van der Waals surface area contributed by atoms with E-state index in [9.17, 15) is 4.79 Å². The van der Waals surface area contributed by atoms with Crippen molar-refractivity contribution in [2.45, 2.75) is 6.92 Å². The van der Waals surface area contributed by atoms with Crippen LogP contribution >= 0.6 is 22.9 Å². The van der Waals surface area contributed by atoms with E-state index in [1.54, 1.807) is 17.2 Å². The molecule has 1 aromatic carbocycles. The first-order valence-electron chi connectivity index (χ1n) is 7.35. The molecule has 0 unspecified atom stereocenters. The van der Waals surface area contributed by atoms with Crippen LogP contribution in [-0.4, -0.2) is 52.7 Å². The summed E-state index contributed by atoms with van der Waals surface area (Å²) in [6.07, 6.45) is 0. The zero-order valence-electron chi connectivity index (χ0n) is 12.8. The Morgan fingerprint density at radius 3 is 2.39 bits per heavy atom. The Bertz CT molecular complexity index is 720. The van der Waals surface area contributed by atoms with E-state index in [1.807, 2.05) is 29.2 Å². The molecule has 0 radical (unpaired) electrons. The summed E-state index contributed by atoms with van der Waals surface area (Å²) >= 11 is 7.35. The molecule has 7 heteroatoms. The Balaban J connectivity index is 1.69. The fourth-order valence-corrected chi connectivity index (χ4v) is 3.43. The lowest BCUT2D eigenvalue weighted by molar-refractivity contribution is 0.0686. The van der Waals surface area contributed by atoms with Gasteiger partial charge in [0.2, 0.25) is 0 Å². The number of halogens is 1. The molecule has 0 spiro atoms. The van der Waals surface area contributed by atoms with Gasteiger partial charge in [0, 0.05) is 42.1 Å². The van der Waals surface area contributed by atoms with Gasteiger partial charge in [0.1, 0.15) is 10.7 Å². The molecule has 3 rings (SSSR count). The highest BCUT2D eigenvalue weighted by molar-refractivity contribution is 7.13. The summed E-state index contributed by atoms with van der Waals surface area (Å²) in [6, 6.07) is 7.44. The van der Waals surface area contributed by atoms with Crippen LogP contribution < -0.4 is 0 Å². The summed E-state index contributed by atoms with van der Waals surface area (Å²) in [5, 5.41) is 10.9. The normalized spacial score (nSPS) is 14.9. The molecule has 1 N–H and O–H groups in total. The van der Waals surface area contributed by atoms with E-state index < -0.39 is 0 Å². The first kappa shape index (κ1) is 16.0. The summed E-state index contributed by atoms with van der Waals surface area (Å²) in [7, 11) is 0. The van der Waals surface area contributed by atoms with Gasteiger partial charge in [0.25, 0.3) is 5.91 Å². The van der Waals surface area contributed by atoms with Gasteiger partial charge in [0.15, 0.2) is 0 Å². The van der Waals surface area contributed by atoms with Crippen LogP contribution in [0.2, 0.25) is 5.02 Å². The van der Waals surface area contributed by atoms with Crippen molar-refractivity contribution in [1.29, 1.82) is 5.41 Å². The Labute approximate surface area is 144 Å². The molecule has 1 aliphatic heterocycles. The summed E-state index contributed by atoms with van der Waals surface area (Å²) in [4.78, 5) is 20.8. The minimum Gasteiger partial charge on any atom is -0.357 e. The summed E-state index contributed by atoms with van der Waals surface area (Å²) < 4.78 is 0. The molecule has 2 aromatic rings. The van der Waals surface area contributed by atoms with Crippen LogP contribution in [0.4, 0.5) is 0 Å². The lowest BCUT2D eigenvalue weighted by Crippen LogP contribution is -2.50. The van der Waals surface area contributed by atoms with Crippen LogP contribution in [0.5, 0.6) is 0 Å². The molecule has 1 fully saturated rings. The summed E-state index contributed by atoms with van der Waals surface area (Å²) in [6.45, 7) is 4.44. The van der Waals surface area contributed by atoms with Gasteiger partial charge in [0.05, 0.1) is 5.84 Å². The van der Waals surface area contributed by atoms with Gasteiger partial charge >= 0.3 is 0 Å². The van der Waals surface area contributed by atoms with Crippen molar-refractivity contribution in [3.63, 3.8) is 0 Å². The number of amidine groups is 1. The molecule has 0 aliphatic carbocycles. The van der Waals surface area contributed by atoms with E-state index in [0.717, 1.165) is 10.6 Å². The second-order valence-electron chi connectivity index (χ2n) is 5.41. The Hall–Kier alpha value is -1.92. The quantitative estimate of drug-likeness (QED) is 0.669. The first-order chi connectivity index (χ1) is 11.0. The maximum absolute atomic E-state index is 12.6. The van der Waals surface area contributed by atoms with Gasteiger partial charge in [-0.2, -0.15) is 0 Å². The predicted molar refractivity (Wildman–Crippen MR) is 93.4 cm³/mol. The molecule has 1 amide bonds. The summed E-state index contributed by atoms with van der Waals surface area (Å²) in [5.41, 5.74) is 1.45. The van der Waals surface area contributed by atoms with Gasteiger partial charge in [-0.3, -0.25) is 10.2 Å². The highest BCUT2D eigenvalue weighted by Crippen LogP contribution is 2.25. The predicted octanol–water partition coefficient (Wildman–Crippen LogP) is 3.22. The standard InChI is InChI=1S/C16H17ClN4OS/c1-11(18)20-6-8-21(9-7-20)16(22)14-10-23-15(19-14)12-2-4-13(17)5-3-12/h2-5,10,18H,6-9H2,1H3. The molecule has 2 heterocycles. The van der Waals surface area contributed by atoms with E-state index in [2.05, 4.69) is 4.98 Å². The molecule has 1 saturated heterocycles. The molecular formula is C16H17ClN4OS. The van der Waals surface area contributed by atoms with E-state index in [-0.39, 0.29) is 5.91 Å². The number of nitrogens with zero attached hydrogens (tertiary/aromatic N) is 3.